The fraction of sp³-hybridized carbons (Fsp3) is 0.500. The summed E-state index contributed by atoms with van der Waals surface area (Å²) in [6.07, 6.45) is 3.82. The number of aromatic nitrogens is 1. The van der Waals surface area contributed by atoms with Crippen molar-refractivity contribution in [2.24, 2.45) is 5.92 Å². The van der Waals surface area contributed by atoms with Crippen LogP contribution in [0.15, 0.2) is 16.7 Å². The molecular formula is C12H16BrN3O. The lowest BCUT2D eigenvalue weighted by atomic mass is 9.82. The molecule has 1 aromatic rings. The van der Waals surface area contributed by atoms with Crippen LogP contribution in [0, 0.1) is 5.92 Å². The van der Waals surface area contributed by atoms with Crippen molar-refractivity contribution in [1.29, 1.82) is 0 Å². The molecule has 0 radical (unpaired) electrons. The predicted molar refractivity (Wildman–Crippen MR) is 71.1 cm³/mol. The Balaban J connectivity index is 2.09. The van der Waals surface area contributed by atoms with Crippen molar-refractivity contribution >= 4 is 27.7 Å². The minimum atomic E-state index is -0.0555. The van der Waals surface area contributed by atoms with Crippen molar-refractivity contribution in [2.75, 3.05) is 12.4 Å². The Kier molecular flexibility index (Phi) is 3.66. The van der Waals surface area contributed by atoms with Gasteiger partial charge >= 0.3 is 0 Å². The molecule has 17 heavy (non-hydrogen) atoms. The molecule has 1 amide bonds. The van der Waals surface area contributed by atoms with Crippen LogP contribution in [-0.2, 0) is 0 Å². The quantitative estimate of drug-likeness (QED) is 0.901. The zero-order chi connectivity index (χ0) is 12.4. The first-order valence-corrected chi connectivity index (χ1v) is 6.53. The van der Waals surface area contributed by atoms with E-state index in [1.54, 1.807) is 19.3 Å². The number of carbonyl (C=O) groups is 1. The largest absolute Gasteiger partial charge is 0.372 e. The van der Waals surface area contributed by atoms with Crippen LogP contribution in [-0.4, -0.2) is 24.0 Å². The maximum absolute atomic E-state index is 12.1. The molecule has 0 bridgehead atoms. The number of hydrogen-bond donors (Lipinski definition) is 2. The summed E-state index contributed by atoms with van der Waals surface area (Å²) in [5, 5.41) is 5.95. The van der Waals surface area contributed by atoms with Gasteiger partial charge in [0.15, 0.2) is 0 Å². The molecule has 5 heteroatoms. The molecule has 0 spiro atoms. The van der Waals surface area contributed by atoms with Gasteiger partial charge in [0.2, 0.25) is 0 Å². The number of pyridine rings is 1. The van der Waals surface area contributed by atoms with Gasteiger partial charge in [-0.2, -0.15) is 0 Å². The number of rotatable bonds is 3. The molecule has 1 heterocycles. The van der Waals surface area contributed by atoms with Crippen LogP contribution in [0.2, 0.25) is 0 Å². The minimum absolute atomic E-state index is 0.0555. The van der Waals surface area contributed by atoms with E-state index in [-0.39, 0.29) is 5.91 Å². The first-order valence-electron chi connectivity index (χ1n) is 5.74. The second-order valence-electron chi connectivity index (χ2n) is 4.55. The molecule has 0 atom stereocenters. The SMILES string of the molecule is CNc1ncc(Br)cc1C(=O)NC1CC(C)C1. The highest BCUT2D eigenvalue weighted by Crippen LogP contribution is 2.27. The van der Waals surface area contributed by atoms with Crippen molar-refractivity contribution in [3.05, 3.63) is 22.3 Å². The highest BCUT2D eigenvalue weighted by Gasteiger charge is 2.27. The Bertz CT molecular complexity index is 430. The summed E-state index contributed by atoms with van der Waals surface area (Å²) in [4.78, 5) is 16.2. The van der Waals surface area contributed by atoms with Crippen LogP contribution in [0.1, 0.15) is 30.1 Å². The Morgan fingerprint density at radius 1 is 1.53 bits per heavy atom. The standard InChI is InChI=1S/C12H16BrN3O/c1-7-3-9(4-7)16-12(17)10-5-8(13)6-15-11(10)14-2/h5-7,9H,3-4H2,1-2H3,(H,14,15)(H,16,17). The number of halogens is 1. The fourth-order valence-corrected chi connectivity index (χ4v) is 2.43. The third-order valence-corrected chi connectivity index (χ3v) is 3.48. The summed E-state index contributed by atoms with van der Waals surface area (Å²) in [6, 6.07) is 2.11. The summed E-state index contributed by atoms with van der Waals surface area (Å²) in [5.41, 5.74) is 0.585. The van der Waals surface area contributed by atoms with Gasteiger partial charge in [0.05, 0.1) is 5.56 Å². The lowest BCUT2D eigenvalue weighted by Gasteiger charge is -2.33. The van der Waals surface area contributed by atoms with E-state index in [4.69, 9.17) is 0 Å². The van der Waals surface area contributed by atoms with E-state index in [1.165, 1.54) is 0 Å². The average Bonchev–Trinajstić information content (AvgIpc) is 2.27. The first-order chi connectivity index (χ1) is 8.10. The summed E-state index contributed by atoms with van der Waals surface area (Å²) in [5.74, 6) is 1.28. The molecule has 0 aliphatic heterocycles. The number of hydrogen-bond acceptors (Lipinski definition) is 3. The van der Waals surface area contributed by atoms with Gasteiger partial charge in [-0.05, 0) is 40.8 Å². The predicted octanol–water partition coefficient (Wildman–Crippen LogP) is 2.41. The van der Waals surface area contributed by atoms with Gasteiger partial charge in [0.1, 0.15) is 5.82 Å². The Hall–Kier alpha value is -1.10. The molecule has 1 saturated carbocycles. The molecule has 1 fully saturated rings. The molecule has 1 aliphatic rings. The molecule has 1 aliphatic carbocycles. The van der Waals surface area contributed by atoms with E-state index in [0.717, 1.165) is 23.2 Å². The summed E-state index contributed by atoms with van der Waals surface area (Å²) in [7, 11) is 1.76. The van der Waals surface area contributed by atoms with Crippen molar-refractivity contribution in [3.8, 4) is 0 Å². The number of anilines is 1. The normalized spacial score (nSPS) is 22.8. The maximum Gasteiger partial charge on any atom is 0.255 e. The lowest BCUT2D eigenvalue weighted by Crippen LogP contribution is -2.43. The van der Waals surface area contributed by atoms with Crippen LogP contribution >= 0.6 is 15.9 Å². The van der Waals surface area contributed by atoms with Crippen molar-refractivity contribution in [3.63, 3.8) is 0 Å². The van der Waals surface area contributed by atoms with E-state index < -0.39 is 0 Å². The van der Waals surface area contributed by atoms with Crippen LogP contribution in [0.5, 0.6) is 0 Å². The molecular weight excluding hydrogens is 282 g/mol. The molecule has 0 unspecified atom stereocenters. The minimum Gasteiger partial charge on any atom is -0.372 e. The van der Waals surface area contributed by atoms with Gasteiger partial charge in [-0.15, -0.1) is 0 Å². The Morgan fingerprint density at radius 3 is 2.82 bits per heavy atom. The molecule has 92 valence electrons. The first kappa shape index (κ1) is 12.4. The van der Waals surface area contributed by atoms with Gasteiger partial charge < -0.3 is 10.6 Å². The Labute approximate surface area is 109 Å². The van der Waals surface area contributed by atoms with Gasteiger partial charge in [0, 0.05) is 23.8 Å². The highest BCUT2D eigenvalue weighted by atomic mass is 79.9. The van der Waals surface area contributed by atoms with Crippen molar-refractivity contribution in [1.82, 2.24) is 10.3 Å². The van der Waals surface area contributed by atoms with Crippen LogP contribution in [0.4, 0.5) is 5.82 Å². The third kappa shape index (κ3) is 2.77. The molecule has 4 nitrogen and oxygen atoms in total. The van der Waals surface area contributed by atoms with Gasteiger partial charge in [-0.1, -0.05) is 6.92 Å². The average molecular weight is 298 g/mol. The maximum atomic E-state index is 12.1. The van der Waals surface area contributed by atoms with E-state index in [1.807, 2.05) is 0 Å². The number of carbonyl (C=O) groups excluding carboxylic acids is 1. The molecule has 1 aromatic heterocycles. The van der Waals surface area contributed by atoms with Crippen LogP contribution in [0.3, 0.4) is 0 Å². The van der Waals surface area contributed by atoms with Crippen LogP contribution in [0.25, 0.3) is 0 Å². The van der Waals surface area contributed by atoms with Crippen LogP contribution < -0.4 is 10.6 Å². The smallest absolute Gasteiger partial charge is 0.255 e. The lowest BCUT2D eigenvalue weighted by molar-refractivity contribution is 0.0896. The third-order valence-electron chi connectivity index (χ3n) is 3.04. The zero-order valence-corrected chi connectivity index (χ0v) is 11.5. The van der Waals surface area contributed by atoms with E-state index >= 15 is 0 Å². The summed E-state index contributed by atoms with van der Waals surface area (Å²) < 4.78 is 0.809. The topological polar surface area (TPSA) is 54.0 Å². The van der Waals surface area contributed by atoms with E-state index in [0.29, 0.717) is 17.4 Å². The molecule has 2 rings (SSSR count). The molecule has 0 aromatic carbocycles. The van der Waals surface area contributed by atoms with Gasteiger partial charge in [-0.3, -0.25) is 4.79 Å². The summed E-state index contributed by atoms with van der Waals surface area (Å²) in [6.45, 7) is 2.20. The zero-order valence-electron chi connectivity index (χ0n) is 9.96. The second-order valence-corrected chi connectivity index (χ2v) is 5.46. The number of nitrogens with zero attached hydrogens (tertiary/aromatic N) is 1. The monoisotopic (exact) mass is 297 g/mol. The van der Waals surface area contributed by atoms with Crippen molar-refractivity contribution in [2.45, 2.75) is 25.8 Å². The second kappa shape index (κ2) is 5.04. The molecule has 0 saturated heterocycles. The van der Waals surface area contributed by atoms with Gasteiger partial charge in [-0.25, -0.2) is 4.98 Å². The summed E-state index contributed by atoms with van der Waals surface area (Å²) >= 11 is 3.33. The number of nitrogens with one attached hydrogen (secondary N) is 2. The van der Waals surface area contributed by atoms with E-state index in [9.17, 15) is 4.79 Å². The van der Waals surface area contributed by atoms with E-state index in [2.05, 4.69) is 38.5 Å². The highest BCUT2D eigenvalue weighted by molar-refractivity contribution is 9.10. The Morgan fingerprint density at radius 2 is 2.24 bits per heavy atom. The van der Waals surface area contributed by atoms with Crippen molar-refractivity contribution < 1.29 is 4.79 Å². The van der Waals surface area contributed by atoms with Gasteiger partial charge in [0.25, 0.3) is 5.91 Å². The molecule has 2 N–H and O–H groups in total. The number of amides is 1. The fourth-order valence-electron chi connectivity index (χ4n) is 2.09.